The molecule has 0 saturated carbocycles. The van der Waals surface area contributed by atoms with Gasteiger partial charge in [0.15, 0.2) is 0 Å². The summed E-state index contributed by atoms with van der Waals surface area (Å²) in [7, 11) is 0. The standard InChI is InChI=1S/C29H29FN2O3/c1-2-3-14-26-27(30)31(18-17-21-10-6-4-7-11-21)29(35)32(26)20-22-15-16-24(25(19-22)28(33)34)23-12-8-5-9-13-23/h4-13,15-16,19H,2-3,14,17-18,20H2,1H3,(H,33,34). The number of aromatic nitrogens is 2. The van der Waals surface area contributed by atoms with Gasteiger partial charge in [0.2, 0.25) is 5.95 Å². The molecule has 4 aromatic rings. The van der Waals surface area contributed by atoms with E-state index in [9.17, 15) is 14.7 Å². The average Bonchev–Trinajstić information content (AvgIpc) is 3.10. The van der Waals surface area contributed by atoms with E-state index < -0.39 is 17.6 Å². The maximum Gasteiger partial charge on any atom is 0.336 e. The number of benzene rings is 3. The Balaban J connectivity index is 1.69. The van der Waals surface area contributed by atoms with Crippen molar-refractivity contribution < 1.29 is 14.3 Å². The van der Waals surface area contributed by atoms with E-state index in [0.717, 1.165) is 24.0 Å². The van der Waals surface area contributed by atoms with E-state index in [1.165, 1.54) is 9.13 Å². The van der Waals surface area contributed by atoms with Crippen LogP contribution in [0.25, 0.3) is 11.1 Å². The zero-order valence-corrected chi connectivity index (χ0v) is 19.8. The summed E-state index contributed by atoms with van der Waals surface area (Å²) in [6.45, 7) is 2.38. The van der Waals surface area contributed by atoms with Crippen LogP contribution < -0.4 is 5.69 Å². The van der Waals surface area contributed by atoms with Crippen LogP contribution in [0.2, 0.25) is 0 Å². The van der Waals surface area contributed by atoms with Crippen molar-refractivity contribution in [1.29, 1.82) is 0 Å². The van der Waals surface area contributed by atoms with Crippen LogP contribution in [0.15, 0.2) is 83.7 Å². The van der Waals surface area contributed by atoms with Crippen molar-refractivity contribution in [3.05, 3.63) is 118 Å². The van der Waals surface area contributed by atoms with Gasteiger partial charge in [0.25, 0.3) is 0 Å². The largest absolute Gasteiger partial charge is 0.478 e. The maximum absolute atomic E-state index is 15.4. The third-order valence-electron chi connectivity index (χ3n) is 6.24. The van der Waals surface area contributed by atoms with Crippen LogP contribution in [0.3, 0.4) is 0 Å². The summed E-state index contributed by atoms with van der Waals surface area (Å²) in [4.78, 5) is 25.3. The highest BCUT2D eigenvalue weighted by atomic mass is 19.1. The third-order valence-corrected chi connectivity index (χ3v) is 6.24. The summed E-state index contributed by atoms with van der Waals surface area (Å²) in [6, 6.07) is 24.1. The molecule has 0 aliphatic rings. The Labute approximate surface area is 204 Å². The molecule has 0 bridgehead atoms. The van der Waals surface area contributed by atoms with E-state index in [1.54, 1.807) is 12.1 Å². The second kappa shape index (κ2) is 11.0. The predicted octanol–water partition coefficient (Wildman–Crippen LogP) is 5.79. The van der Waals surface area contributed by atoms with Gasteiger partial charge >= 0.3 is 11.7 Å². The fourth-order valence-corrected chi connectivity index (χ4v) is 4.36. The third kappa shape index (κ3) is 5.43. The molecule has 0 aliphatic carbocycles. The minimum Gasteiger partial charge on any atom is -0.478 e. The van der Waals surface area contributed by atoms with Crippen LogP contribution in [0, 0.1) is 5.95 Å². The molecule has 0 spiro atoms. The van der Waals surface area contributed by atoms with Gasteiger partial charge in [-0.3, -0.25) is 9.13 Å². The predicted molar refractivity (Wildman–Crippen MR) is 135 cm³/mol. The van der Waals surface area contributed by atoms with Crippen molar-refractivity contribution in [2.75, 3.05) is 0 Å². The normalized spacial score (nSPS) is 11.0. The van der Waals surface area contributed by atoms with Crippen LogP contribution in [-0.4, -0.2) is 20.2 Å². The van der Waals surface area contributed by atoms with Gasteiger partial charge in [-0.05, 0) is 47.6 Å². The van der Waals surface area contributed by atoms with E-state index in [0.29, 0.717) is 29.7 Å². The second-order valence-electron chi connectivity index (χ2n) is 8.65. The summed E-state index contributed by atoms with van der Waals surface area (Å²) >= 11 is 0. The Bertz CT molecular complexity index is 1360. The molecule has 4 rings (SSSR count). The number of hydrogen-bond donors (Lipinski definition) is 1. The lowest BCUT2D eigenvalue weighted by molar-refractivity contribution is 0.0697. The minimum absolute atomic E-state index is 0.114. The smallest absolute Gasteiger partial charge is 0.336 e. The number of hydrogen-bond acceptors (Lipinski definition) is 2. The molecule has 0 aliphatic heterocycles. The lowest BCUT2D eigenvalue weighted by Gasteiger charge is -2.11. The number of carboxylic acid groups (broad SMARTS) is 1. The van der Waals surface area contributed by atoms with Crippen molar-refractivity contribution in [3.63, 3.8) is 0 Å². The van der Waals surface area contributed by atoms with Gasteiger partial charge in [0.05, 0.1) is 17.8 Å². The zero-order chi connectivity index (χ0) is 24.8. The Morgan fingerprint density at radius 3 is 2.23 bits per heavy atom. The fraction of sp³-hybridized carbons (Fsp3) is 0.241. The van der Waals surface area contributed by atoms with E-state index in [1.807, 2.05) is 73.7 Å². The molecule has 0 saturated heterocycles. The van der Waals surface area contributed by atoms with Crippen molar-refractivity contribution in [1.82, 2.24) is 9.13 Å². The number of aromatic carboxylic acids is 1. The molecule has 3 aromatic carbocycles. The van der Waals surface area contributed by atoms with Crippen molar-refractivity contribution in [3.8, 4) is 11.1 Å². The highest BCUT2D eigenvalue weighted by Crippen LogP contribution is 2.25. The van der Waals surface area contributed by atoms with Crippen LogP contribution in [0.5, 0.6) is 0 Å². The number of carboxylic acids is 1. The molecule has 1 heterocycles. The number of nitrogens with zero attached hydrogens (tertiary/aromatic N) is 2. The number of rotatable bonds is 10. The first-order valence-corrected chi connectivity index (χ1v) is 11.9. The van der Waals surface area contributed by atoms with Crippen molar-refractivity contribution in [2.24, 2.45) is 0 Å². The fourth-order valence-electron chi connectivity index (χ4n) is 4.36. The van der Waals surface area contributed by atoms with Crippen LogP contribution in [-0.2, 0) is 25.9 Å². The zero-order valence-electron chi connectivity index (χ0n) is 19.8. The first-order valence-electron chi connectivity index (χ1n) is 11.9. The van der Waals surface area contributed by atoms with Crippen LogP contribution in [0.4, 0.5) is 4.39 Å². The number of carbonyl (C=O) groups is 1. The first kappa shape index (κ1) is 24.2. The summed E-state index contributed by atoms with van der Waals surface area (Å²) < 4.78 is 18.1. The van der Waals surface area contributed by atoms with E-state index >= 15 is 4.39 Å². The van der Waals surface area contributed by atoms with Gasteiger partial charge in [0.1, 0.15) is 0 Å². The van der Waals surface area contributed by atoms with E-state index in [-0.39, 0.29) is 18.7 Å². The lowest BCUT2D eigenvalue weighted by atomic mass is 9.97. The molecule has 0 fully saturated rings. The SMILES string of the molecule is CCCCc1c(F)n(CCc2ccccc2)c(=O)n1Cc1ccc(-c2ccccc2)c(C(=O)O)c1. The number of aryl methyl sites for hydroxylation is 1. The number of halogens is 1. The molecule has 0 radical (unpaired) electrons. The van der Waals surface area contributed by atoms with E-state index in [2.05, 4.69) is 0 Å². The monoisotopic (exact) mass is 472 g/mol. The van der Waals surface area contributed by atoms with Gasteiger partial charge in [0, 0.05) is 6.54 Å². The molecule has 0 amide bonds. The Kier molecular flexibility index (Phi) is 7.60. The average molecular weight is 473 g/mol. The quantitative estimate of drug-likeness (QED) is 0.318. The summed E-state index contributed by atoms with van der Waals surface area (Å²) in [5.74, 6) is -1.55. The molecule has 5 nitrogen and oxygen atoms in total. The van der Waals surface area contributed by atoms with Gasteiger partial charge in [-0.15, -0.1) is 0 Å². The summed E-state index contributed by atoms with van der Waals surface area (Å²) in [6.07, 6.45) is 2.62. The Morgan fingerprint density at radius 1 is 0.886 bits per heavy atom. The first-order chi connectivity index (χ1) is 17.0. The molecule has 1 N–H and O–H groups in total. The Morgan fingerprint density at radius 2 is 1.57 bits per heavy atom. The van der Waals surface area contributed by atoms with Crippen LogP contribution in [0.1, 0.15) is 46.9 Å². The maximum atomic E-state index is 15.4. The minimum atomic E-state index is -1.05. The van der Waals surface area contributed by atoms with Crippen molar-refractivity contribution >= 4 is 5.97 Å². The molecule has 0 atom stereocenters. The molecule has 1 aromatic heterocycles. The molecule has 0 unspecified atom stereocenters. The summed E-state index contributed by atoms with van der Waals surface area (Å²) in [5.41, 5.74) is 3.19. The molecule has 180 valence electrons. The lowest BCUT2D eigenvalue weighted by Crippen LogP contribution is -2.26. The molecular weight excluding hydrogens is 443 g/mol. The molecular formula is C29H29FN2O3. The molecule has 35 heavy (non-hydrogen) atoms. The second-order valence-corrected chi connectivity index (χ2v) is 8.65. The highest BCUT2D eigenvalue weighted by Gasteiger charge is 2.21. The van der Waals surface area contributed by atoms with Crippen LogP contribution >= 0.6 is 0 Å². The number of unbranched alkanes of at least 4 members (excludes halogenated alkanes) is 1. The van der Waals surface area contributed by atoms with Gasteiger partial charge < -0.3 is 5.11 Å². The topological polar surface area (TPSA) is 64.2 Å². The summed E-state index contributed by atoms with van der Waals surface area (Å²) in [5, 5.41) is 9.84. The number of imidazole rings is 1. The Hall–Kier alpha value is -3.93. The van der Waals surface area contributed by atoms with Gasteiger partial charge in [-0.2, -0.15) is 4.39 Å². The van der Waals surface area contributed by atoms with Gasteiger partial charge in [-0.25, -0.2) is 9.59 Å². The van der Waals surface area contributed by atoms with E-state index in [4.69, 9.17) is 0 Å². The molecule has 6 heteroatoms. The van der Waals surface area contributed by atoms with Crippen molar-refractivity contribution in [2.45, 2.75) is 45.7 Å². The van der Waals surface area contributed by atoms with Gasteiger partial charge in [-0.1, -0.05) is 86.1 Å². The highest BCUT2D eigenvalue weighted by molar-refractivity contribution is 5.96.